The normalized spacial score (nSPS) is 22.1. The SMILES string of the molecule is CC1(C)CC(NC(=O)C2CCN(Cc3ccccc3)CC2)c2ccccc2O1. The van der Waals surface area contributed by atoms with E-state index in [0.717, 1.165) is 50.2 Å². The third kappa shape index (κ3) is 4.39. The molecule has 0 spiro atoms. The Balaban J connectivity index is 1.35. The Morgan fingerprint density at radius 1 is 1.07 bits per heavy atom. The third-order valence-corrected chi connectivity index (χ3v) is 5.90. The molecule has 0 aliphatic carbocycles. The van der Waals surface area contributed by atoms with E-state index in [0.29, 0.717) is 0 Å². The van der Waals surface area contributed by atoms with Crippen LogP contribution in [0.15, 0.2) is 54.6 Å². The van der Waals surface area contributed by atoms with Gasteiger partial charge in [-0.2, -0.15) is 0 Å². The van der Waals surface area contributed by atoms with Crippen LogP contribution in [0.4, 0.5) is 0 Å². The summed E-state index contributed by atoms with van der Waals surface area (Å²) in [6.45, 7) is 7.09. The lowest BCUT2D eigenvalue weighted by molar-refractivity contribution is -0.127. The van der Waals surface area contributed by atoms with Gasteiger partial charge >= 0.3 is 0 Å². The lowest BCUT2D eigenvalue weighted by Gasteiger charge is -2.39. The Morgan fingerprint density at radius 2 is 1.75 bits per heavy atom. The van der Waals surface area contributed by atoms with Gasteiger partial charge in [-0.1, -0.05) is 48.5 Å². The minimum Gasteiger partial charge on any atom is -0.487 e. The molecule has 1 unspecified atom stereocenters. The highest BCUT2D eigenvalue weighted by Crippen LogP contribution is 2.39. The molecule has 1 N–H and O–H groups in total. The number of carbonyl (C=O) groups is 1. The lowest BCUT2D eigenvalue weighted by atomic mass is 9.88. The highest BCUT2D eigenvalue weighted by Gasteiger charge is 2.35. The van der Waals surface area contributed by atoms with Gasteiger partial charge in [-0.3, -0.25) is 9.69 Å². The van der Waals surface area contributed by atoms with Crippen molar-refractivity contribution in [2.75, 3.05) is 13.1 Å². The molecule has 4 nitrogen and oxygen atoms in total. The number of likely N-dealkylation sites (tertiary alicyclic amines) is 1. The van der Waals surface area contributed by atoms with Crippen molar-refractivity contribution in [1.82, 2.24) is 10.2 Å². The van der Waals surface area contributed by atoms with E-state index in [2.05, 4.69) is 60.5 Å². The van der Waals surface area contributed by atoms with Crippen LogP contribution in [0.2, 0.25) is 0 Å². The molecule has 28 heavy (non-hydrogen) atoms. The summed E-state index contributed by atoms with van der Waals surface area (Å²) in [5.41, 5.74) is 2.16. The van der Waals surface area contributed by atoms with Crippen LogP contribution in [-0.4, -0.2) is 29.5 Å². The molecule has 4 rings (SSSR count). The standard InChI is InChI=1S/C24H30N2O2/c1-24(2)16-21(20-10-6-7-11-22(20)28-24)25-23(27)19-12-14-26(15-13-19)17-18-8-4-3-5-9-18/h3-11,19,21H,12-17H2,1-2H3,(H,25,27). The molecule has 1 saturated heterocycles. The van der Waals surface area contributed by atoms with Crippen LogP contribution in [0.5, 0.6) is 5.75 Å². The molecule has 2 aromatic carbocycles. The van der Waals surface area contributed by atoms with E-state index in [1.54, 1.807) is 0 Å². The van der Waals surface area contributed by atoms with Gasteiger partial charge in [-0.05, 0) is 51.4 Å². The van der Waals surface area contributed by atoms with Crippen LogP contribution >= 0.6 is 0 Å². The molecule has 4 heteroatoms. The van der Waals surface area contributed by atoms with Crippen molar-refractivity contribution in [1.29, 1.82) is 0 Å². The van der Waals surface area contributed by atoms with Gasteiger partial charge in [0.15, 0.2) is 0 Å². The predicted molar refractivity (Wildman–Crippen MR) is 111 cm³/mol. The molecule has 0 radical (unpaired) electrons. The Morgan fingerprint density at radius 3 is 2.50 bits per heavy atom. The molecule has 0 saturated carbocycles. The molecule has 0 bridgehead atoms. The van der Waals surface area contributed by atoms with Crippen LogP contribution in [-0.2, 0) is 11.3 Å². The average Bonchev–Trinajstić information content (AvgIpc) is 2.68. The van der Waals surface area contributed by atoms with E-state index in [1.807, 2.05) is 18.2 Å². The Labute approximate surface area is 167 Å². The fourth-order valence-corrected chi connectivity index (χ4v) is 4.42. The van der Waals surface area contributed by atoms with Crippen molar-refractivity contribution < 1.29 is 9.53 Å². The second-order valence-electron chi connectivity index (χ2n) is 8.70. The summed E-state index contributed by atoms with van der Waals surface area (Å²) in [7, 11) is 0. The molecule has 1 amide bonds. The summed E-state index contributed by atoms with van der Waals surface area (Å²) in [6, 6.07) is 18.7. The second kappa shape index (κ2) is 7.96. The van der Waals surface area contributed by atoms with E-state index in [1.165, 1.54) is 5.56 Å². The van der Waals surface area contributed by atoms with Crippen LogP contribution in [0, 0.1) is 5.92 Å². The highest BCUT2D eigenvalue weighted by atomic mass is 16.5. The summed E-state index contributed by atoms with van der Waals surface area (Å²) in [6.07, 6.45) is 2.64. The van der Waals surface area contributed by atoms with Gasteiger partial charge in [0, 0.05) is 24.4 Å². The van der Waals surface area contributed by atoms with Crippen molar-refractivity contribution in [2.45, 2.75) is 51.3 Å². The minimum atomic E-state index is -0.272. The van der Waals surface area contributed by atoms with Gasteiger partial charge < -0.3 is 10.1 Å². The van der Waals surface area contributed by atoms with Gasteiger partial charge in [0.25, 0.3) is 0 Å². The first-order chi connectivity index (χ1) is 13.5. The fraction of sp³-hybridized carbons (Fsp3) is 0.458. The minimum absolute atomic E-state index is 0.0230. The molecule has 1 fully saturated rings. The lowest BCUT2D eigenvalue weighted by Crippen LogP contribution is -2.45. The molecule has 1 atom stereocenters. The summed E-state index contributed by atoms with van der Waals surface area (Å²) < 4.78 is 6.09. The molecule has 2 aliphatic heterocycles. The summed E-state index contributed by atoms with van der Waals surface area (Å²) in [4.78, 5) is 15.4. The summed E-state index contributed by atoms with van der Waals surface area (Å²) >= 11 is 0. The average molecular weight is 379 g/mol. The zero-order valence-corrected chi connectivity index (χ0v) is 16.9. The number of piperidine rings is 1. The first kappa shape index (κ1) is 19.0. The number of hydrogen-bond donors (Lipinski definition) is 1. The zero-order valence-electron chi connectivity index (χ0n) is 16.9. The van der Waals surface area contributed by atoms with Crippen LogP contribution in [0.25, 0.3) is 0 Å². The first-order valence-electron chi connectivity index (χ1n) is 10.3. The second-order valence-corrected chi connectivity index (χ2v) is 8.70. The maximum atomic E-state index is 13.0. The van der Waals surface area contributed by atoms with Crippen molar-refractivity contribution >= 4 is 5.91 Å². The largest absolute Gasteiger partial charge is 0.487 e. The van der Waals surface area contributed by atoms with Gasteiger partial charge in [-0.25, -0.2) is 0 Å². The maximum Gasteiger partial charge on any atom is 0.223 e. The number of rotatable bonds is 4. The van der Waals surface area contributed by atoms with Gasteiger partial charge in [0.1, 0.15) is 11.4 Å². The monoisotopic (exact) mass is 378 g/mol. The van der Waals surface area contributed by atoms with Crippen LogP contribution in [0.1, 0.15) is 50.3 Å². The van der Waals surface area contributed by atoms with E-state index in [9.17, 15) is 4.79 Å². The van der Waals surface area contributed by atoms with Gasteiger partial charge in [0.05, 0.1) is 6.04 Å². The third-order valence-electron chi connectivity index (χ3n) is 5.90. The number of fused-ring (bicyclic) bond motifs is 1. The Bertz CT molecular complexity index is 810. The van der Waals surface area contributed by atoms with Crippen molar-refractivity contribution in [3.63, 3.8) is 0 Å². The van der Waals surface area contributed by atoms with Crippen molar-refractivity contribution in [2.24, 2.45) is 5.92 Å². The quantitative estimate of drug-likeness (QED) is 0.862. The highest BCUT2D eigenvalue weighted by molar-refractivity contribution is 5.79. The fourth-order valence-electron chi connectivity index (χ4n) is 4.42. The smallest absolute Gasteiger partial charge is 0.223 e. The molecule has 2 aromatic rings. The van der Waals surface area contributed by atoms with Gasteiger partial charge in [-0.15, -0.1) is 0 Å². The number of amides is 1. The van der Waals surface area contributed by atoms with Gasteiger partial charge in [0.2, 0.25) is 5.91 Å². The molecule has 0 aromatic heterocycles. The van der Waals surface area contributed by atoms with E-state index < -0.39 is 0 Å². The number of benzene rings is 2. The molecular formula is C24H30N2O2. The Kier molecular flexibility index (Phi) is 5.40. The molecular weight excluding hydrogens is 348 g/mol. The summed E-state index contributed by atoms with van der Waals surface area (Å²) in [5, 5.41) is 3.33. The molecule has 2 heterocycles. The van der Waals surface area contributed by atoms with Crippen molar-refractivity contribution in [3.05, 3.63) is 65.7 Å². The maximum absolute atomic E-state index is 13.0. The van der Waals surface area contributed by atoms with Crippen LogP contribution < -0.4 is 10.1 Å². The molecule has 148 valence electrons. The number of hydrogen-bond acceptors (Lipinski definition) is 3. The van der Waals surface area contributed by atoms with E-state index in [4.69, 9.17) is 4.74 Å². The number of para-hydroxylation sites is 1. The first-order valence-corrected chi connectivity index (χ1v) is 10.3. The Hall–Kier alpha value is -2.33. The van der Waals surface area contributed by atoms with E-state index in [-0.39, 0.29) is 23.5 Å². The zero-order chi connectivity index (χ0) is 19.6. The number of nitrogens with one attached hydrogen (secondary N) is 1. The number of nitrogens with zero attached hydrogens (tertiary/aromatic N) is 1. The van der Waals surface area contributed by atoms with Crippen molar-refractivity contribution in [3.8, 4) is 5.75 Å². The summed E-state index contributed by atoms with van der Waals surface area (Å²) in [5.74, 6) is 1.18. The number of carbonyl (C=O) groups excluding carboxylic acids is 1. The predicted octanol–water partition coefficient (Wildman–Crippen LogP) is 4.32. The van der Waals surface area contributed by atoms with E-state index >= 15 is 0 Å². The number of ether oxygens (including phenoxy) is 1. The molecule has 2 aliphatic rings. The topological polar surface area (TPSA) is 41.6 Å². The van der Waals surface area contributed by atoms with Crippen LogP contribution in [0.3, 0.4) is 0 Å².